The maximum atomic E-state index is 13.6. The van der Waals surface area contributed by atoms with Crippen LogP contribution in [-0.2, 0) is 0 Å². The van der Waals surface area contributed by atoms with E-state index in [9.17, 15) is 8.78 Å². The van der Waals surface area contributed by atoms with Gasteiger partial charge in [-0.3, -0.25) is 0 Å². The van der Waals surface area contributed by atoms with E-state index >= 15 is 0 Å². The Morgan fingerprint density at radius 2 is 2.19 bits per heavy atom. The number of nitrogens with one attached hydrogen (secondary N) is 1. The third kappa shape index (κ3) is 3.14. The topological polar surface area (TPSA) is 12.0 Å². The molecule has 0 aliphatic rings. The van der Waals surface area contributed by atoms with Crippen LogP contribution in [-0.4, -0.2) is 6.54 Å². The Bertz CT molecular complexity index is 350. The van der Waals surface area contributed by atoms with Crippen molar-refractivity contribution in [2.45, 2.75) is 25.8 Å². The van der Waals surface area contributed by atoms with Gasteiger partial charge in [-0.05, 0) is 25.5 Å². The molecule has 1 rings (SSSR count). The minimum absolute atomic E-state index is 0.154. The van der Waals surface area contributed by atoms with E-state index in [-0.39, 0.29) is 6.04 Å². The monoisotopic (exact) mass is 225 g/mol. The number of benzene rings is 1. The van der Waals surface area contributed by atoms with Gasteiger partial charge >= 0.3 is 0 Å². The fraction of sp³-hybridized carbons (Fsp3) is 0.385. The van der Waals surface area contributed by atoms with Crippen LogP contribution < -0.4 is 5.32 Å². The standard InChI is InChI=1S/C13H17F2N/c1-3-5-9-12(16-4-2)10-7-6-8-11(14)13(10)15/h3,6-8,12,16H,1,4-5,9H2,2H3. The molecule has 0 spiro atoms. The van der Waals surface area contributed by atoms with Crippen LogP contribution in [0.4, 0.5) is 8.78 Å². The van der Waals surface area contributed by atoms with Crippen molar-refractivity contribution in [1.82, 2.24) is 5.32 Å². The zero-order valence-electron chi connectivity index (χ0n) is 9.47. The van der Waals surface area contributed by atoms with Crippen molar-refractivity contribution in [3.63, 3.8) is 0 Å². The SMILES string of the molecule is C=CCCC(NCC)c1cccc(F)c1F. The fourth-order valence-corrected chi connectivity index (χ4v) is 1.69. The Hall–Kier alpha value is -1.22. The molecular weight excluding hydrogens is 208 g/mol. The summed E-state index contributed by atoms with van der Waals surface area (Å²) in [4.78, 5) is 0. The lowest BCUT2D eigenvalue weighted by Gasteiger charge is -2.18. The first-order chi connectivity index (χ1) is 7.70. The summed E-state index contributed by atoms with van der Waals surface area (Å²) in [6.07, 6.45) is 3.27. The second-order valence-electron chi connectivity index (χ2n) is 3.62. The summed E-state index contributed by atoms with van der Waals surface area (Å²) in [7, 11) is 0. The average Bonchev–Trinajstić information content (AvgIpc) is 2.28. The van der Waals surface area contributed by atoms with E-state index in [4.69, 9.17) is 0 Å². The van der Waals surface area contributed by atoms with Gasteiger partial charge in [-0.15, -0.1) is 6.58 Å². The summed E-state index contributed by atoms with van der Waals surface area (Å²) in [6.45, 7) is 6.29. The molecular formula is C13H17F2N. The molecule has 0 saturated heterocycles. The van der Waals surface area contributed by atoms with Crippen molar-refractivity contribution in [3.8, 4) is 0 Å². The lowest BCUT2D eigenvalue weighted by atomic mass is 10.0. The van der Waals surface area contributed by atoms with Gasteiger partial charge in [0.15, 0.2) is 11.6 Å². The summed E-state index contributed by atoms with van der Waals surface area (Å²) in [5.41, 5.74) is 0.392. The molecule has 0 heterocycles. The Labute approximate surface area is 95.2 Å². The maximum Gasteiger partial charge on any atom is 0.163 e. The summed E-state index contributed by atoms with van der Waals surface area (Å²) in [5, 5.41) is 3.15. The minimum Gasteiger partial charge on any atom is -0.310 e. The first-order valence-corrected chi connectivity index (χ1v) is 5.48. The van der Waals surface area contributed by atoms with Crippen LogP contribution >= 0.6 is 0 Å². The lowest BCUT2D eigenvalue weighted by molar-refractivity contribution is 0.454. The predicted molar refractivity (Wildman–Crippen MR) is 62.2 cm³/mol. The van der Waals surface area contributed by atoms with Gasteiger partial charge in [0.1, 0.15) is 0 Å². The molecule has 1 nitrogen and oxygen atoms in total. The zero-order valence-corrected chi connectivity index (χ0v) is 9.47. The van der Waals surface area contributed by atoms with E-state index in [2.05, 4.69) is 11.9 Å². The van der Waals surface area contributed by atoms with Crippen molar-refractivity contribution >= 4 is 0 Å². The predicted octanol–water partition coefficient (Wildman–Crippen LogP) is 3.58. The molecule has 0 aliphatic heterocycles. The molecule has 1 N–H and O–H groups in total. The van der Waals surface area contributed by atoms with Gasteiger partial charge in [-0.2, -0.15) is 0 Å². The smallest absolute Gasteiger partial charge is 0.163 e. The van der Waals surface area contributed by atoms with Gasteiger partial charge in [-0.1, -0.05) is 25.1 Å². The van der Waals surface area contributed by atoms with E-state index in [1.807, 2.05) is 6.92 Å². The summed E-state index contributed by atoms with van der Waals surface area (Å²) >= 11 is 0. The van der Waals surface area contributed by atoms with Gasteiger partial charge in [0.2, 0.25) is 0 Å². The normalized spacial score (nSPS) is 12.4. The molecule has 16 heavy (non-hydrogen) atoms. The van der Waals surface area contributed by atoms with Crippen LogP contribution in [0.1, 0.15) is 31.4 Å². The number of hydrogen-bond acceptors (Lipinski definition) is 1. The third-order valence-electron chi connectivity index (χ3n) is 2.47. The third-order valence-corrected chi connectivity index (χ3v) is 2.47. The number of hydrogen-bond donors (Lipinski definition) is 1. The van der Waals surface area contributed by atoms with Crippen molar-refractivity contribution in [2.24, 2.45) is 0 Å². The molecule has 1 unspecified atom stereocenters. The Morgan fingerprint density at radius 3 is 2.81 bits per heavy atom. The second-order valence-corrected chi connectivity index (χ2v) is 3.62. The molecule has 0 saturated carbocycles. The van der Waals surface area contributed by atoms with Crippen molar-refractivity contribution in [3.05, 3.63) is 48.1 Å². The van der Waals surface area contributed by atoms with Crippen LogP contribution in [0.15, 0.2) is 30.9 Å². The molecule has 0 radical (unpaired) electrons. The molecule has 0 aromatic heterocycles. The molecule has 1 aromatic carbocycles. The van der Waals surface area contributed by atoms with Crippen molar-refractivity contribution in [2.75, 3.05) is 6.54 Å². The molecule has 0 aliphatic carbocycles. The molecule has 88 valence electrons. The first kappa shape index (κ1) is 12.8. The van der Waals surface area contributed by atoms with Crippen LogP contribution in [0.2, 0.25) is 0 Å². The zero-order chi connectivity index (χ0) is 12.0. The van der Waals surface area contributed by atoms with Gasteiger partial charge < -0.3 is 5.32 Å². The molecule has 0 fully saturated rings. The van der Waals surface area contributed by atoms with E-state index in [1.54, 1.807) is 12.1 Å². The Balaban J connectivity index is 2.90. The van der Waals surface area contributed by atoms with E-state index < -0.39 is 11.6 Å². The van der Waals surface area contributed by atoms with Crippen LogP contribution in [0, 0.1) is 11.6 Å². The highest BCUT2D eigenvalue weighted by Crippen LogP contribution is 2.23. The molecule has 3 heteroatoms. The van der Waals surface area contributed by atoms with Crippen molar-refractivity contribution < 1.29 is 8.78 Å². The first-order valence-electron chi connectivity index (χ1n) is 5.48. The molecule has 1 aromatic rings. The quantitative estimate of drug-likeness (QED) is 0.730. The highest BCUT2D eigenvalue weighted by Gasteiger charge is 2.16. The molecule has 1 atom stereocenters. The van der Waals surface area contributed by atoms with E-state index in [0.717, 1.165) is 25.5 Å². The van der Waals surface area contributed by atoms with Gasteiger partial charge in [-0.25, -0.2) is 8.78 Å². The number of halogens is 2. The summed E-state index contributed by atoms with van der Waals surface area (Å²) < 4.78 is 26.6. The van der Waals surface area contributed by atoms with Crippen LogP contribution in [0.25, 0.3) is 0 Å². The average molecular weight is 225 g/mol. The fourth-order valence-electron chi connectivity index (χ4n) is 1.69. The highest BCUT2D eigenvalue weighted by molar-refractivity contribution is 5.22. The van der Waals surface area contributed by atoms with Crippen LogP contribution in [0.3, 0.4) is 0 Å². The largest absolute Gasteiger partial charge is 0.310 e. The van der Waals surface area contributed by atoms with Gasteiger partial charge in [0, 0.05) is 11.6 Å². The number of allylic oxidation sites excluding steroid dienone is 1. The highest BCUT2D eigenvalue weighted by atomic mass is 19.2. The molecule has 0 bridgehead atoms. The lowest BCUT2D eigenvalue weighted by Crippen LogP contribution is -2.22. The van der Waals surface area contributed by atoms with E-state index in [1.165, 1.54) is 6.07 Å². The summed E-state index contributed by atoms with van der Waals surface area (Å²) in [6, 6.07) is 4.13. The molecule has 0 amide bonds. The van der Waals surface area contributed by atoms with Gasteiger partial charge in [0.05, 0.1) is 0 Å². The van der Waals surface area contributed by atoms with Crippen molar-refractivity contribution in [1.29, 1.82) is 0 Å². The summed E-state index contributed by atoms with van der Waals surface area (Å²) in [5.74, 6) is -1.54. The van der Waals surface area contributed by atoms with Gasteiger partial charge in [0.25, 0.3) is 0 Å². The minimum atomic E-state index is -0.793. The Morgan fingerprint density at radius 1 is 1.44 bits per heavy atom. The van der Waals surface area contributed by atoms with E-state index in [0.29, 0.717) is 5.56 Å². The second kappa shape index (κ2) is 6.38. The van der Waals surface area contributed by atoms with Crippen LogP contribution in [0.5, 0.6) is 0 Å². The number of rotatable bonds is 6. The Kier molecular flexibility index (Phi) is 5.12. The maximum absolute atomic E-state index is 13.6.